The summed E-state index contributed by atoms with van der Waals surface area (Å²) in [5, 5.41) is 1.79. The molecule has 1 spiro atoms. The number of likely N-dealkylation sites (tertiary alicyclic amines) is 1. The van der Waals surface area contributed by atoms with E-state index in [1.807, 2.05) is 37.8 Å². The smallest absolute Gasteiger partial charge is 0.410 e. The Morgan fingerprint density at radius 2 is 1.84 bits per heavy atom. The molecule has 1 amide bonds. The van der Waals surface area contributed by atoms with Gasteiger partial charge in [0.15, 0.2) is 0 Å². The molecule has 1 fully saturated rings. The fourth-order valence-corrected chi connectivity index (χ4v) is 6.69. The van der Waals surface area contributed by atoms with Crippen LogP contribution in [0.1, 0.15) is 64.6 Å². The molecule has 0 bridgehead atoms. The molecule has 6 heteroatoms. The average molecular weight is 443 g/mol. The van der Waals surface area contributed by atoms with E-state index in [1.165, 1.54) is 11.1 Å². The Kier molecular flexibility index (Phi) is 5.78. The van der Waals surface area contributed by atoms with Crippen LogP contribution in [-0.2, 0) is 22.5 Å². The lowest BCUT2D eigenvalue weighted by molar-refractivity contribution is -0.00490. The molecule has 0 saturated carbocycles. The molecule has 5 nitrogen and oxygen atoms in total. The Morgan fingerprint density at radius 3 is 2.52 bits per heavy atom. The highest BCUT2D eigenvalue weighted by Crippen LogP contribution is 2.57. The summed E-state index contributed by atoms with van der Waals surface area (Å²) in [4.78, 5) is 14.5. The van der Waals surface area contributed by atoms with Crippen molar-refractivity contribution in [2.45, 2.75) is 71.1 Å². The van der Waals surface area contributed by atoms with Crippen LogP contribution in [0.15, 0.2) is 47.9 Å². The number of rotatable bonds is 1. The first-order valence-electron chi connectivity index (χ1n) is 11.1. The SMILES string of the molecule is CC(C)(C)OC(=O)N1CCC2(CC1)Cc1ccccc1[C@@H]2N1[S+]([O-])C=CC=CC1(C)C. The Morgan fingerprint density at radius 1 is 1.16 bits per heavy atom. The van der Waals surface area contributed by atoms with E-state index in [9.17, 15) is 9.35 Å². The van der Waals surface area contributed by atoms with Gasteiger partial charge in [-0.05, 0) is 71.1 Å². The third kappa shape index (κ3) is 4.30. The zero-order chi connectivity index (χ0) is 22.4. The number of fused-ring (bicyclic) bond motifs is 1. The van der Waals surface area contributed by atoms with Crippen LogP contribution in [0.3, 0.4) is 0 Å². The van der Waals surface area contributed by atoms with Gasteiger partial charge in [-0.3, -0.25) is 0 Å². The van der Waals surface area contributed by atoms with E-state index in [4.69, 9.17) is 4.74 Å². The molecule has 1 aromatic rings. The topological polar surface area (TPSA) is 55.8 Å². The van der Waals surface area contributed by atoms with Gasteiger partial charge in [-0.15, -0.1) is 4.31 Å². The van der Waals surface area contributed by atoms with Crippen molar-refractivity contribution in [2.24, 2.45) is 5.41 Å². The second-order valence-corrected chi connectivity index (χ2v) is 11.8. The minimum absolute atomic E-state index is 0.0349. The second kappa shape index (κ2) is 7.98. The first-order chi connectivity index (χ1) is 14.5. The first-order valence-corrected chi connectivity index (χ1v) is 12.3. The summed E-state index contributed by atoms with van der Waals surface area (Å²) in [6.07, 6.45) is 8.46. The van der Waals surface area contributed by atoms with Gasteiger partial charge in [0.05, 0.1) is 22.9 Å². The number of allylic oxidation sites excluding steroid dienone is 2. The number of carbonyl (C=O) groups excluding carboxylic acids is 1. The van der Waals surface area contributed by atoms with E-state index >= 15 is 0 Å². The maximum atomic E-state index is 13.4. The number of piperidine rings is 1. The van der Waals surface area contributed by atoms with Crippen LogP contribution in [0, 0.1) is 5.41 Å². The van der Waals surface area contributed by atoms with Crippen molar-refractivity contribution in [3.8, 4) is 0 Å². The molecule has 2 atom stereocenters. The third-order valence-electron chi connectivity index (χ3n) is 6.69. The summed E-state index contributed by atoms with van der Waals surface area (Å²) in [6, 6.07) is 8.61. The lowest BCUT2D eigenvalue weighted by atomic mass is 9.72. The third-order valence-corrected chi connectivity index (χ3v) is 8.15. The predicted molar refractivity (Wildman–Crippen MR) is 125 cm³/mol. The van der Waals surface area contributed by atoms with Crippen molar-refractivity contribution in [3.05, 3.63) is 59.0 Å². The Hall–Kier alpha value is -1.76. The summed E-state index contributed by atoms with van der Waals surface area (Å²) in [7, 11) is 0. The number of hydrogen-bond acceptors (Lipinski definition) is 4. The average Bonchev–Trinajstić information content (AvgIpc) is 2.90. The summed E-state index contributed by atoms with van der Waals surface area (Å²) < 4.78 is 21.2. The van der Waals surface area contributed by atoms with E-state index in [1.54, 1.807) is 5.41 Å². The highest BCUT2D eigenvalue weighted by molar-refractivity contribution is 7.92. The van der Waals surface area contributed by atoms with E-state index in [0.29, 0.717) is 13.1 Å². The monoisotopic (exact) mass is 442 g/mol. The van der Waals surface area contributed by atoms with Crippen molar-refractivity contribution in [1.29, 1.82) is 0 Å². The van der Waals surface area contributed by atoms with Gasteiger partial charge in [-0.25, -0.2) is 4.79 Å². The first kappa shape index (κ1) is 22.4. The summed E-state index contributed by atoms with van der Waals surface area (Å²) in [5.74, 6) is 0. The number of nitrogens with zero attached hydrogens (tertiary/aromatic N) is 2. The molecule has 1 saturated heterocycles. The lowest BCUT2D eigenvalue weighted by Crippen LogP contribution is -2.54. The fourth-order valence-electron chi connectivity index (χ4n) is 5.27. The number of hydrogen-bond donors (Lipinski definition) is 0. The minimum Gasteiger partial charge on any atom is -0.593 e. The van der Waals surface area contributed by atoms with E-state index < -0.39 is 17.0 Å². The highest BCUT2D eigenvalue weighted by Gasteiger charge is 2.56. The van der Waals surface area contributed by atoms with Crippen LogP contribution in [0.5, 0.6) is 0 Å². The molecule has 1 unspecified atom stereocenters. The van der Waals surface area contributed by atoms with Gasteiger partial charge in [-0.1, -0.05) is 36.4 Å². The molecule has 2 heterocycles. The van der Waals surface area contributed by atoms with Crippen LogP contribution in [0.25, 0.3) is 0 Å². The van der Waals surface area contributed by atoms with Crippen LogP contribution >= 0.6 is 0 Å². The molecule has 0 aromatic heterocycles. The zero-order valence-corrected chi connectivity index (χ0v) is 20.1. The highest BCUT2D eigenvalue weighted by atomic mass is 32.2. The molecule has 0 N–H and O–H groups in total. The van der Waals surface area contributed by atoms with Crippen LogP contribution < -0.4 is 0 Å². The van der Waals surface area contributed by atoms with Crippen molar-refractivity contribution in [2.75, 3.05) is 13.1 Å². The van der Waals surface area contributed by atoms with Gasteiger partial charge in [-0.2, -0.15) is 0 Å². The Bertz CT molecular complexity index is 894. The van der Waals surface area contributed by atoms with Crippen molar-refractivity contribution in [3.63, 3.8) is 0 Å². The fraction of sp³-hybridized carbons (Fsp3) is 0.560. The van der Waals surface area contributed by atoms with Gasteiger partial charge < -0.3 is 14.2 Å². The number of benzene rings is 1. The van der Waals surface area contributed by atoms with Gasteiger partial charge in [0.1, 0.15) is 11.0 Å². The Labute approximate surface area is 189 Å². The molecule has 4 rings (SSSR count). The van der Waals surface area contributed by atoms with Gasteiger partial charge >= 0.3 is 6.09 Å². The maximum Gasteiger partial charge on any atom is 0.410 e. The molecular weight excluding hydrogens is 408 g/mol. The van der Waals surface area contributed by atoms with Crippen LogP contribution in [0.2, 0.25) is 0 Å². The summed E-state index contributed by atoms with van der Waals surface area (Å²) in [6.45, 7) is 11.3. The molecule has 168 valence electrons. The number of ether oxygens (including phenoxy) is 1. The predicted octanol–water partition coefficient (Wildman–Crippen LogP) is 5.13. The van der Waals surface area contributed by atoms with E-state index in [-0.39, 0.29) is 23.1 Å². The standard InChI is InChI=1S/C25H34N2O3S/c1-23(2,3)30-22(28)26-15-13-25(14-16-26)18-19-10-6-7-11-20(19)21(25)27-24(4,5)12-8-9-17-31(27)29/h6-12,17,21H,13-16,18H2,1-5H3/t21-,31?/m0/s1. The number of amides is 1. The van der Waals surface area contributed by atoms with Crippen molar-refractivity contribution < 1.29 is 14.1 Å². The Balaban J connectivity index is 1.66. The molecule has 1 aromatic carbocycles. The molecule has 31 heavy (non-hydrogen) atoms. The molecule has 0 radical (unpaired) electrons. The van der Waals surface area contributed by atoms with E-state index in [0.717, 1.165) is 19.3 Å². The molecule has 3 aliphatic rings. The quantitative estimate of drug-likeness (QED) is 0.566. The zero-order valence-electron chi connectivity index (χ0n) is 19.3. The van der Waals surface area contributed by atoms with Crippen molar-refractivity contribution in [1.82, 2.24) is 9.21 Å². The molecule has 2 aliphatic heterocycles. The largest absolute Gasteiger partial charge is 0.593 e. The van der Waals surface area contributed by atoms with Crippen molar-refractivity contribution >= 4 is 17.5 Å². The van der Waals surface area contributed by atoms with Crippen LogP contribution in [-0.4, -0.2) is 44.1 Å². The normalized spacial score (nSPS) is 27.2. The number of carbonyl (C=O) groups is 1. The minimum atomic E-state index is -1.24. The van der Waals surface area contributed by atoms with Gasteiger partial charge in [0.25, 0.3) is 0 Å². The van der Waals surface area contributed by atoms with Crippen LogP contribution in [0.4, 0.5) is 4.79 Å². The second-order valence-electron chi connectivity index (χ2n) is 10.6. The summed E-state index contributed by atoms with van der Waals surface area (Å²) in [5.41, 5.74) is 1.71. The lowest BCUT2D eigenvalue weighted by Gasteiger charge is -2.49. The molecular formula is C25H34N2O3S. The van der Waals surface area contributed by atoms with Gasteiger partial charge in [0, 0.05) is 18.5 Å². The maximum absolute atomic E-state index is 13.4. The van der Waals surface area contributed by atoms with Gasteiger partial charge in [0.2, 0.25) is 0 Å². The van der Waals surface area contributed by atoms with E-state index in [2.05, 4.69) is 48.5 Å². The summed E-state index contributed by atoms with van der Waals surface area (Å²) >= 11 is -1.24. The molecule has 1 aliphatic carbocycles.